The number of esters is 2. The quantitative estimate of drug-likeness (QED) is 0.389. The summed E-state index contributed by atoms with van der Waals surface area (Å²) < 4.78 is 9.37. The molecule has 0 aromatic carbocycles. The monoisotopic (exact) mass is 386 g/mol. The van der Waals surface area contributed by atoms with Crippen LogP contribution in [0.1, 0.15) is 59.8 Å². The Morgan fingerprint density at radius 3 is 1.26 bits per heavy atom. The molecule has 0 aromatic rings. The average molecular weight is 386 g/mol. The molecule has 0 rings (SSSR count). The molecule has 0 aliphatic carbocycles. The Kier molecular flexibility index (Phi) is 12.1. The Bertz CT molecular complexity index is 460. The minimum absolute atomic E-state index is 0.0613. The number of rotatable bonds is 12. The molecule has 27 heavy (non-hydrogen) atoms. The molecule has 0 aromatic heterocycles. The second-order valence-corrected chi connectivity index (χ2v) is 7.19. The van der Waals surface area contributed by atoms with Crippen molar-refractivity contribution < 1.29 is 28.7 Å². The molecule has 2 N–H and O–H groups in total. The molecule has 2 amide bonds. The van der Waals surface area contributed by atoms with Gasteiger partial charge in [-0.25, -0.2) is 9.59 Å². The van der Waals surface area contributed by atoms with Crippen LogP contribution in [0.4, 0.5) is 0 Å². The summed E-state index contributed by atoms with van der Waals surface area (Å²) in [6.45, 7) is 7.33. The van der Waals surface area contributed by atoms with Crippen molar-refractivity contribution in [3.05, 3.63) is 0 Å². The van der Waals surface area contributed by atoms with Gasteiger partial charge in [0.1, 0.15) is 12.1 Å². The van der Waals surface area contributed by atoms with Gasteiger partial charge >= 0.3 is 11.9 Å². The molecule has 0 radical (unpaired) electrons. The van der Waals surface area contributed by atoms with Gasteiger partial charge in [-0.1, -0.05) is 34.1 Å². The molecular formula is C19H34N2O6. The Morgan fingerprint density at radius 2 is 1.00 bits per heavy atom. The van der Waals surface area contributed by atoms with Gasteiger partial charge in [-0.3, -0.25) is 9.59 Å². The van der Waals surface area contributed by atoms with E-state index in [0.29, 0.717) is 19.3 Å². The molecule has 8 nitrogen and oxygen atoms in total. The molecule has 156 valence electrons. The molecule has 0 saturated heterocycles. The predicted octanol–water partition coefficient (Wildman–Crippen LogP) is 1.56. The minimum atomic E-state index is -0.653. The molecule has 0 bridgehead atoms. The molecule has 0 saturated carbocycles. The molecule has 0 unspecified atom stereocenters. The zero-order valence-electron chi connectivity index (χ0n) is 17.3. The van der Waals surface area contributed by atoms with Gasteiger partial charge in [-0.05, 0) is 24.7 Å². The van der Waals surface area contributed by atoms with Crippen molar-refractivity contribution in [2.24, 2.45) is 11.8 Å². The lowest BCUT2D eigenvalue weighted by atomic mass is 10.0. The first-order chi connectivity index (χ1) is 12.6. The van der Waals surface area contributed by atoms with E-state index in [4.69, 9.17) is 0 Å². The van der Waals surface area contributed by atoms with Gasteiger partial charge in [0.2, 0.25) is 11.8 Å². The number of carbonyl (C=O) groups is 4. The third-order valence-corrected chi connectivity index (χ3v) is 4.18. The van der Waals surface area contributed by atoms with Gasteiger partial charge in [0.15, 0.2) is 0 Å². The molecule has 8 heteroatoms. The summed E-state index contributed by atoms with van der Waals surface area (Å²) in [5.74, 6) is -1.47. The normalized spacial score (nSPS) is 13.0. The third-order valence-electron chi connectivity index (χ3n) is 4.18. The molecule has 0 aliphatic rings. The number of carbonyl (C=O) groups excluding carboxylic acids is 4. The van der Waals surface area contributed by atoms with Crippen molar-refractivity contribution in [2.45, 2.75) is 71.9 Å². The molecule has 0 aliphatic heterocycles. The number of ether oxygens (including phenoxy) is 2. The van der Waals surface area contributed by atoms with Gasteiger partial charge < -0.3 is 20.1 Å². The maximum atomic E-state index is 12.0. The van der Waals surface area contributed by atoms with Crippen molar-refractivity contribution in [3.8, 4) is 0 Å². The zero-order chi connectivity index (χ0) is 21.0. The first-order valence-electron chi connectivity index (χ1n) is 9.38. The van der Waals surface area contributed by atoms with E-state index in [9.17, 15) is 19.2 Å². The van der Waals surface area contributed by atoms with Crippen LogP contribution in [0, 0.1) is 11.8 Å². The van der Waals surface area contributed by atoms with E-state index < -0.39 is 24.0 Å². The fourth-order valence-electron chi connectivity index (χ4n) is 2.49. The van der Waals surface area contributed by atoms with Crippen LogP contribution in [0.2, 0.25) is 0 Å². The van der Waals surface area contributed by atoms with Gasteiger partial charge in [-0.2, -0.15) is 0 Å². The summed E-state index contributed by atoms with van der Waals surface area (Å²) in [4.78, 5) is 47.2. The Labute approximate surface area is 161 Å². The van der Waals surface area contributed by atoms with Crippen molar-refractivity contribution >= 4 is 23.8 Å². The lowest BCUT2D eigenvalue weighted by Crippen LogP contribution is -2.45. The fourth-order valence-corrected chi connectivity index (χ4v) is 2.49. The highest BCUT2D eigenvalue weighted by atomic mass is 16.5. The number of nitrogens with one attached hydrogen (secondary N) is 2. The first-order valence-corrected chi connectivity index (χ1v) is 9.38. The van der Waals surface area contributed by atoms with Crippen LogP contribution in [0.15, 0.2) is 0 Å². The van der Waals surface area contributed by atoms with Crippen LogP contribution < -0.4 is 10.6 Å². The van der Waals surface area contributed by atoms with Gasteiger partial charge in [0.05, 0.1) is 14.2 Å². The topological polar surface area (TPSA) is 111 Å². The lowest BCUT2D eigenvalue weighted by Gasteiger charge is -2.20. The predicted molar refractivity (Wildman–Crippen MR) is 101 cm³/mol. The van der Waals surface area contributed by atoms with Crippen LogP contribution in [-0.2, 0) is 28.7 Å². The van der Waals surface area contributed by atoms with Crippen LogP contribution >= 0.6 is 0 Å². The van der Waals surface area contributed by atoms with E-state index in [1.165, 1.54) is 14.2 Å². The highest BCUT2D eigenvalue weighted by Gasteiger charge is 2.25. The summed E-state index contributed by atoms with van der Waals surface area (Å²) in [7, 11) is 2.58. The van der Waals surface area contributed by atoms with Crippen molar-refractivity contribution in [2.75, 3.05) is 14.2 Å². The standard InChI is InChI=1S/C19H34N2O6/c1-12(2)16(18(24)26-5)20-14(22)10-8-7-9-11-15(23)21-17(13(3)4)19(25)27-6/h12-13,16-17H,7-11H2,1-6H3,(H,20,22)(H,21,23)/t16-,17-/m0/s1. The summed E-state index contributed by atoms with van der Waals surface area (Å²) in [5, 5.41) is 5.36. The van der Waals surface area contributed by atoms with E-state index in [1.807, 2.05) is 27.7 Å². The molecule has 2 atom stereocenters. The van der Waals surface area contributed by atoms with Crippen molar-refractivity contribution in [1.29, 1.82) is 0 Å². The second-order valence-electron chi connectivity index (χ2n) is 7.19. The van der Waals surface area contributed by atoms with Gasteiger partial charge in [-0.15, -0.1) is 0 Å². The van der Waals surface area contributed by atoms with E-state index >= 15 is 0 Å². The van der Waals surface area contributed by atoms with Gasteiger partial charge in [0.25, 0.3) is 0 Å². The lowest BCUT2D eigenvalue weighted by molar-refractivity contribution is -0.146. The Morgan fingerprint density at radius 1 is 0.667 bits per heavy atom. The number of hydrogen-bond donors (Lipinski definition) is 2. The van der Waals surface area contributed by atoms with Crippen LogP contribution in [0.5, 0.6) is 0 Å². The largest absolute Gasteiger partial charge is 0.467 e. The van der Waals surface area contributed by atoms with Crippen LogP contribution in [0.3, 0.4) is 0 Å². The summed E-state index contributed by atoms with van der Waals surface area (Å²) in [5.41, 5.74) is 0. The first kappa shape index (κ1) is 24.9. The van der Waals surface area contributed by atoms with E-state index in [-0.39, 0.29) is 36.5 Å². The van der Waals surface area contributed by atoms with Gasteiger partial charge in [0, 0.05) is 12.8 Å². The maximum absolute atomic E-state index is 12.0. The minimum Gasteiger partial charge on any atom is -0.467 e. The smallest absolute Gasteiger partial charge is 0.328 e. The molecule has 0 spiro atoms. The number of unbranched alkanes of at least 4 members (excludes halogenated alkanes) is 2. The Balaban J connectivity index is 4.14. The molecule has 0 fully saturated rings. The van der Waals surface area contributed by atoms with Crippen molar-refractivity contribution in [3.63, 3.8) is 0 Å². The second kappa shape index (κ2) is 13.1. The SMILES string of the molecule is COC(=O)[C@@H](NC(=O)CCCCCC(=O)N[C@H](C(=O)OC)C(C)C)C(C)C. The van der Waals surface area contributed by atoms with E-state index in [1.54, 1.807) is 0 Å². The molecular weight excluding hydrogens is 352 g/mol. The number of hydrogen-bond acceptors (Lipinski definition) is 6. The summed E-state index contributed by atoms with van der Waals surface area (Å²) in [6.07, 6.45) is 2.46. The third kappa shape index (κ3) is 9.96. The summed E-state index contributed by atoms with van der Waals surface area (Å²) in [6, 6.07) is -1.31. The highest BCUT2D eigenvalue weighted by Crippen LogP contribution is 2.08. The number of amides is 2. The average Bonchev–Trinajstić information content (AvgIpc) is 2.61. The zero-order valence-corrected chi connectivity index (χ0v) is 17.3. The van der Waals surface area contributed by atoms with Crippen molar-refractivity contribution in [1.82, 2.24) is 10.6 Å². The highest BCUT2D eigenvalue weighted by molar-refractivity contribution is 5.85. The summed E-state index contributed by atoms with van der Waals surface area (Å²) >= 11 is 0. The number of methoxy groups -OCH3 is 2. The fraction of sp³-hybridized carbons (Fsp3) is 0.789. The van der Waals surface area contributed by atoms with E-state index in [0.717, 1.165) is 0 Å². The van der Waals surface area contributed by atoms with E-state index in [2.05, 4.69) is 20.1 Å². The Hall–Kier alpha value is -2.12. The maximum Gasteiger partial charge on any atom is 0.328 e. The van der Waals surface area contributed by atoms with Crippen LogP contribution in [0.25, 0.3) is 0 Å². The molecule has 0 heterocycles. The van der Waals surface area contributed by atoms with Crippen LogP contribution in [-0.4, -0.2) is 50.1 Å².